The Balaban J connectivity index is 2.81. The fraction of sp³-hybridized carbons (Fsp3) is 0.111. The number of ether oxygens (including phenoxy) is 1. The molecule has 0 saturated carbocycles. The number of hydrogen-bond donors (Lipinski definition) is 1. The summed E-state index contributed by atoms with van der Waals surface area (Å²) in [5.74, 6) is 0.156. The summed E-state index contributed by atoms with van der Waals surface area (Å²) in [4.78, 5) is -0.198. The minimum Gasteiger partial charge on any atom is -0.495 e. The van der Waals surface area contributed by atoms with Crippen molar-refractivity contribution in [3.63, 3.8) is 0 Å². The summed E-state index contributed by atoms with van der Waals surface area (Å²) in [6, 6.07) is 2.99. The highest BCUT2D eigenvalue weighted by atomic mass is 32.2. The van der Waals surface area contributed by atoms with Gasteiger partial charge in [0.05, 0.1) is 7.11 Å². The van der Waals surface area contributed by atoms with E-state index in [2.05, 4.69) is 0 Å². The lowest BCUT2D eigenvalue weighted by Crippen LogP contribution is -2.01. The Morgan fingerprint density at radius 3 is 2.40 bits per heavy atom. The maximum atomic E-state index is 11.1. The largest absolute Gasteiger partial charge is 0.495 e. The number of methoxy groups -OCH3 is 1. The van der Waals surface area contributed by atoms with E-state index in [4.69, 9.17) is 9.29 Å². The van der Waals surface area contributed by atoms with Crippen LogP contribution >= 0.6 is 11.3 Å². The summed E-state index contributed by atoms with van der Waals surface area (Å²) in [7, 11) is -2.87. The molecule has 2 rings (SSSR count). The lowest BCUT2D eigenvalue weighted by molar-refractivity contribution is 0.398. The molecule has 0 unspecified atom stereocenters. The third-order valence-electron chi connectivity index (χ3n) is 2.04. The van der Waals surface area contributed by atoms with Gasteiger partial charge in [-0.25, -0.2) is 0 Å². The molecule has 0 radical (unpaired) electrons. The van der Waals surface area contributed by atoms with Gasteiger partial charge in [-0.05, 0) is 33.7 Å². The maximum Gasteiger partial charge on any atom is 0.298 e. The zero-order chi connectivity index (χ0) is 11.1. The highest BCUT2D eigenvalue weighted by Crippen LogP contribution is 2.31. The van der Waals surface area contributed by atoms with Crippen LogP contribution in [0.1, 0.15) is 0 Å². The number of fused-ring (bicyclic) bond motifs is 1. The van der Waals surface area contributed by atoms with Gasteiger partial charge in [0.2, 0.25) is 0 Å². The Bertz CT molecular complexity index is 598. The van der Waals surface area contributed by atoms with E-state index in [-0.39, 0.29) is 10.6 Å². The van der Waals surface area contributed by atoms with E-state index in [1.807, 2.05) is 10.8 Å². The predicted molar refractivity (Wildman–Crippen MR) is 58.2 cm³/mol. The predicted octanol–water partition coefficient (Wildman–Crippen LogP) is 2.16. The molecular weight excluding hydrogens is 236 g/mol. The second kappa shape index (κ2) is 3.48. The molecular formula is C9H8O4S2. The molecule has 2 aromatic rings. The van der Waals surface area contributed by atoms with Crippen LogP contribution in [0.25, 0.3) is 10.8 Å². The van der Waals surface area contributed by atoms with Crippen LogP contribution in [-0.4, -0.2) is 20.1 Å². The highest BCUT2D eigenvalue weighted by Gasteiger charge is 2.17. The van der Waals surface area contributed by atoms with Crippen molar-refractivity contribution >= 4 is 32.2 Å². The topological polar surface area (TPSA) is 63.6 Å². The van der Waals surface area contributed by atoms with Gasteiger partial charge >= 0.3 is 0 Å². The molecule has 15 heavy (non-hydrogen) atoms. The number of thiophene rings is 1. The molecule has 1 heterocycles. The van der Waals surface area contributed by atoms with Gasteiger partial charge in [0.1, 0.15) is 10.6 Å². The number of benzene rings is 1. The zero-order valence-corrected chi connectivity index (χ0v) is 9.43. The van der Waals surface area contributed by atoms with Gasteiger partial charge in [0, 0.05) is 0 Å². The van der Waals surface area contributed by atoms with E-state index < -0.39 is 10.1 Å². The van der Waals surface area contributed by atoms with Crippen LogP contribution in [-0.2, 0) is 10.1 Å². The molecule has 0 spiro atoms. The summed E-state index contributed by atoms with van der Waals surface area (Å²) >= 11 is 1.46. The average Bonchev–Trinajstić information content (AvgIpc) is 2.60. The van der Waals surface area contributed by atoms with E-state index in [0.717, 1.165) is 10.8 Å². The van der Waals surface area contributed by atoms with E-state index >= 15 is 0 Å². The molecule has 0 amide bonds. The van der Waals surface area contributed by atoms with Crippen molar-refractivity contribution in [3.8, 4) is 5.75 Å². The van der Waals surface area contributed by atoms with Crippen molar-refractivity contribution in [1.29, 1.82) is 0 Å². The molecule has 0 aliphatic heterocycles. The molecule has 1 N–H and O–H groups in total. The van der Waals surface area contributed by atoms with Crippen LogP contribution in [0.2, 0.25) is 0 Å². The molecule has 6 heteroatoms. The minimum absolute atomic E-state index is 0.156. The monoisotopic (exact) mass is 244 g/mol. The zero-order valence-electron chi connectivity index (χ0n) is 7.80. The average molecular weight is 244 g/mol. The first-order valence-corrected chi connectivity index (χ1v) is 6.42. The van der Waals surface area contributed by atoms with Crippen LogP contribution in [0, 0.1) is 0 Å². The molecule has 1 aromatic carbocycles. The van der Waals surface area contributed by atoms with E-state index in [0.29, 0.717) is 0 Å². The molecule has 1 aromatic heterocycles. The van der Waals surface area contributed by atoms with Crippen molar-refractivity contribution in [2.24, 2.45) is 0 Å². The van der Waals surface area contributed by atoms with Gasteiger partial charge in [-0.2, -0.15) is 19.8 Å². The fourth-order valence-corrected chi connectivity index (χ4v) is 2.78. The van der Waals surface area contributed by atoms with Crippen molar-refractivity contribution in [2.45, 2.75) is 4.90 Å². The molecule has 0 aliphatic rings. The fourth-order valence-electron chi connectivity index (χ4n) is 1.34. The maximum absolute atomic E-state index is 11.1. The third kappa shape index (κ3) is 1.83. The Kier molecular flexibility index (Phi) is 2.41. The summed E-state index contributed by atoms with van der Waals surface area (Å²) in [6.45, 7) is 0. The van der Waals surface area contributed by atoms with Gasteiger partial charge < -0.3 is 4.74 Å². The van der Waals surface area contributed by atoms with Gasteiger partial charge in [0.15, 0.2) is 0 Å². The summed E-state index contributed by atoms with van der Waals surface area (Å²) in [6.07, 6.45) is 0. The van der Waals surface area contributed by atoms with Crippen molar-refractivity contribution < 1.29 is 17.7 Å². The smallest absolute Gasteiger partial charge is 0.298 e. The lowest BCUT2D eigenvalue weighted by atomic mass is 10.2. The molecule has 0 saturated heterocycles. The summed E-state index contributed by atoms with van der Waals surface area (Å²) in [5, 5.41) is 5.35. The molecule has 80 valence electrons. The minimum atomic E-state index is -4.24. The van der Waals surface area contributed by atoms with E-state index in [1.54, 1.807) is 6.07 Å². The van der Waals surface area contributed by atoms with Crippen LogP contribution in [0.4, 0.5) is 0 Å². The Labute approximate surface area is 90.9 Å². The summed E-state index contributed by atoms with van der Waals surface area (Å²) in [5.41, 5.74) is 0. The Morgan fingerprint density at radius 2 is 1.87 bits per heavy atom. The molecule has 4 nitrogen and oxygen atoms in total. The van der Waals surface area contributed by atoms with Crippen LogP contribution in [0.5, 0.6) is 5.75 Å². The van der Waals surface area contributed by atoms with Gasteiger partial charge in [-0.15, -0.1) is 0 Å². The molecule has 0 aliphatic carbocycles. The van der Waals surface area contributed by atoms with Gasteiger partial charge in [-0.1, -0.05) is 0 Å². The number of rotatable bonds is 2. The van der Waals surface area contributed by atoms with Crippen LogP contribution < -0.4 is 4.74 Å². The first-order valence-electron chi connectivity index (χ1n) is 4.04. The van der Waals surface area contributed by atoms with Gasteiger partial charge in [-0.3, -0.25) is 4.55 Å². The third-order valence-corrected chi connectivity index (χ3v) is 3.69. The van der Waals surface area contributed by atoms with Crippen molar-refractivity contribution in [1.82, 2.24) is 0 Å². The van der Waals surface area contributed by atoms with Gasteiger partial charge in [0.25, 0.3) is 10.1 Å². The first-order chi connectivity index (χ1) is 7.02. The summed E-state index contributed by atoms with van der Waals surface area (Å²) < 4.78 is 36.0. The lowest BCUT2D eigenvalue weighted by Gasteiger charge is -2.05. The van der Waals surface area contributed by atoms with Crippen LogP contribution in [0.3, 0.4) is 0 Å². The first kappa shape index (κ1) is 10.4. The van der Waals surface area contributed by atoms with Crippen molar-refractivity contribution in [2.75, 3.05) is 7.11 Å². The number of hydrogen-bond acceptors (Lipinski definition) is 4. The molecule has 0 fully saturated rings. The quantitative estimate of drug-likeness (QED) is 0.822. The Morgan fingerprint density at radius 1 is 1.27 bits per heavy atom. The van der Waals surface area contributed by atoms with E-state index in [1.165, 1.54) is 24.5 Å². The highest BCUT2D eigenvalue weighted by molar-refractivity contribution is 7.86. The Hall–Kier alpha value is -1.11. The molecule has 0 bridgehead atoms. The normalized spacial score (nSPS) is 11.9. The molecule has 0 atom stereocenters. The standard InChI is InChI=1S/C9H8O4S2/c1-13-8-2-6-4-14-5-7(6)3-9(8)15(10,11)12/h2-5H,1H3,(H,10,11,12). The second-order valence-electron chi connectivity index (χ2n) is 2.98. The second-order valence-corrected chi connectivity index (χ2v) is 5.11. The van der Waals surface area contributed by atoms with Crippen molar-refractivity contribution in [3.05, 3.63) is 22.9 Å². The van der Waals surface area contributed by atoms with E-state index in [9.17, 15) is 8.42 Å². The van der Waals surface area contributed by atoms with Crippen LogP contribution in [0.15, 0.2) is 27.8 Å². The SMILES string of the molecule is COc1cc2cscc2cc1S(=O)(=O)O.